The van der Waals surface area contributed by atoms with E-state index in [0.717, 1.165) is 18.7 Å². The van der Waals surface area contributed by atoms with Gasteiger partial charge >= 0.3 is 6.03 Å². The lowest BCUT2D eigenvalue weighted by atomic mass is 10.0. The van der Waals surface area contributed by atoms with Gasteiger partial charge in [-0.05, 0) is 18.7 Å². The summed E-state index contributed by atoms with van der Waals surface area (Å²) in [6, 6.07) is 13.6. The standard InChI is InChI=1S/C18H22N4O2/c1-21-10-11-22(16(13-21)14-6-4-3-5-7-14)18(23)20-15-8-9-17(24-2)19-12-15/h3-9,12,16H,10-11,13H2,1-2H3,(H,20,23)/t16-/m0/s1. The fourth-order valence-electron chi connectivity index (χ4n) is 2.89. The monoisotopic (exact) mass is 326 g/mol. The number of hydrogen-bond acceptors (Lipinski definition) is 4. The first-order chi connectivity index (χ1) is 11.7. The number of piperazine rings is 1. The molecule has 0 unspecified atom stereocenters. The van der Waals surface area contributed by atoms with Gasteiger partial charge in [0.1, 0.15) is 0 Å². The molecule has 1 saturated heterocycles. The highest BCUT2D eigenvalue weighted by molar-refractivity contribution is 5.89. The van der Waals surface area contributed by atoms with Crippen molar-refractivity contribution in [1.82, 2.24) is 14.8 Å². The summed E-state index contributed by atoms with van der Waals surface area (Å²) >= 11 is 0. The number of nitrogens with one attached hydrogen (secondary N) is 1. The number of aromatic nitrogens is 1. The molecule has 2 amide bonds. The minimum Gasteiger partial charge on any atom is -0.481 e. The van der Waals surface area contributed by atoms with Crippen molar-refractivity contribution in [2.45, 2.75) is 6.04 Å². The van der Waals surface area contributed by atoms with E-state index in [1.807, 2.05) is 23.1 Å². The summed E-state index contributed by atoms with van der Waals surface area (Å²) in [6.07, 6.45) is 1.60. The number of nitrogens with zero attached hydrogens (tertiary/aromatic N) is 3. The fourth-order valence-corrected chi connectivity index (χ4v) is 2.89. The highest BCUT2D eigenvalue weighted by Gasteiger charge is 2.30. The van der Waals surface area contributed by atoms with Gasteiger partial charge in [-0.25, -0.2) is 9.78 Å². The molecule has 0 bridgehead atoms. The van der Waals surface area contributed by atoms with E-state index < -0.39 is 0 Å². The van der Waals surface area contributed by atoms with Gasteiger partial charge in [-0.3, -0.25) is 0 Å². The zero-order valence-electron chi connectivity index (χ0n) is 14.0. The van der Waals surface area contributed by atoms with Crippen molar-refractivity contribution in [2.75, 3.05) is 39.1 Å². The SMILES string of the molecule is COc1ccc(NC(=O)N2CCN(C)C[C@H]2c2ccccc2)cn1. The minimum atomic E-state index is -0.107. The first-order valence-corrected chi connectivity index (χ1v) is 7.98. The predicted octanol–water partition coefficient (Wildman–Crippen LogP) is 2.61. The number of hydrogen-bond donors (Lipinski definition) is 1. The van der Waals surface area contributed by atoms with E-state index in [0.29, 0.717) is 18.1 Å². The van der Waals surface area contributed by atoms with Gasteiger partial charge in [-0.15, -0.1) is 0 Å². The van der Waals surface area contributed by atoms with Gasteiger partial charge < -0.3 is 19.9 Å². The number of amides is 2. The first-order valence-electron chi connectivity index (χ1n) is 7.98. The second-order valence-electron chi connectivity index (χ2n) is 5.90. The molecule has 3 rings (SSSR count). The van der Waals surface area contributed by atoms with Gasteiger partial charge in [0.25, 0.3) is 0 Å². The van der Waals surface area contributed by atoms with E-state index in [1.54, 1.807) is 25.4 Å². The quantitative estimate of drug-likeness (QED) is 0.942. The van der Waals surface area contributed by atoms with Gasteiger partial charge in [0, 0.05) is 25.7 Å². The van der Waals surface area contributed by atoms with Crippen molar-refractivity contribution in [3.63, 3.8) is 0 Å². The van der Waals surface area contributed by atoms with Crippen molar-refractivity contribution in [2.24, 2.45) is 0 Å². The van der Waals surface area contributed by atoms with Crippen LogP contribution in [0.3, 0.4) is 0 Å². The second-order valence-corrected chi connectivity index (χ2v) is 5.90. The maximum absolute atomic E-state index is 12.7. The summed E-state index contributed by atoms with van der Waals surface area (Å²) in [5, 5.41) is 2.93. The molecule has 0 spiro atoms. The van der Waals surface area contributed by atoms with Crippen LogP contribution in [0.2, 0.25) is 0 Å². The number of urea groups is 1. The summed E-state index contributed by atoms with van der Waals surface area (Å²) in [5.74, 6) is 0.523. The Morgan fingerprint density at radius 2 is 2.00 bits per heavy atom. The van der Waals surface area contributed by atoms with Crippen LogP contribution < -0.4 is 10.1 Å². The topological polar surface area (TPSA) is 57.7 Å². The molecular formula is C18H22N4O2. The summed E-state index contributed by atoms with van der Waals surface area (Å²) in [4.78, 5) is 21.0. The molecule has 1 aromatic carbocycles. The average Bonchev–Trinajstić information content (AvgIpc) is 2.63. The molecule has 1 aliphatic rings. The minimum absolute atomic E-state index is 0.0381. The number of carbonyl (C=O) groups is 1. The van der Waals surface area contributed by atoms with Crippen molar-refractivity contribution < 1.29 is 9.53 Å². The first kappa shape index (κ1) is 16.3. The van der Waals surface area contributed by atoms with Crippen LogP contribution in [0.4, 0.5) is 10.5 Å². The highest BCUT2D eigenvalue weighted by atomic mass is 16.5. The molecule has 6 nitrogen and oxygen atoms in total. The molecule has 126 valence electrons. The van der Waals surface area contributed by atoms with Gasteiger partial charge in [0.2, 0.25) is 5.88 Å². The summed E-state index contributed by atoms with van der Waals surface area (Å²) in [7, 11) is 3.65. The third kappa shape index (κ3) is 3.65. The Morgan fingerprint density at radius 1 is 1.21 bits per heavy atom. The second kappa shape index (κ2) is 7.31. The third-order valence-corrected chi connectivity index (χ3v) is 4.23. The molecule has 24 heavy (non-hydrogen) atoms. The van der Waals surface area contributed by atoms with Crippen molar-refractivity contribution in [3.05, 3.63) is 54.2 Å². The highest BCUT2D eigenvalue weighted by Crippen LogP contribution is 2.25. The van der Waals surface area contributed by atoms with Crippen LogP contribution in [-0.2, 0) is 0 Å². The summed E-state index contributed by atoms with van der Waals surface area (Å²) in [5.41, 5.74) is 1.80. The number of anilines is 1. The Kier molecular flexibility index (Phi) is 4.96. The van der Waals surface area contributed by atoms with E-state index in [1.165, 1.54) is 0 Å². The molecule has 0 aliphatic carbocycles. The molecule has 6 heteroatoms. The molecule has 2 aromatic rings. The van der Waals surface area contributed by atoms with Crippen LogP contribution in [0.5, 0.6) is 5.88 Å². The predicted molar refractivity (Wildman–Crippen MR) is 93.2 cm³/mol. The lowest BCUT2D eigenvalue weighted by Gasteiger charge is -2.40. The number of methoxy groups -OCH3 is 1. The number of carbonyl (C=O) groups excluding carboxylic acids is 1. The number of rotatable bonds is 3. The largest absolute Gasteiger partial charge is 0.481 e. The van der Waals surface area contributed by atoms with Crippen LogP contribution in [-0.4, -0.2) is 54.6 Å². The third-order valence-electron chi connectivity index (χ3n) is 4.23. The number of ether oxygens (including phenoxy) is 1. The summed E-state index contributed by atoms with van der Waals surface area (Å²) < 4.78 is 5.04. The normalized spacial score (nSPS) is 18.2. The lowest BCUT2D eigenvalue weighted by molar-refractivity contribution is 0.116. The van der Waals surface area contributed by atoms with Crippen molar-refractivity contribution >= 4 is 11.7 Å². The smallest absolute Gasteiger partial charge is 0.322 e. The van der Waals surface area contributed by atoms with Crippen LogP contribution in [0.1, 0.15) is 11.6 Å². The zero-order chi connectivity index (χ0) is 16.9. The lowest BCUT2D eigenvalue weighted by Crippen LogP contribution is -2.50. The molecule has 0 saturated carbocycles. The Balaban J connectivity index is 1.75. The maximum Gasteiger partial charge on any atom is 0.322 e. The molecule has 1 aliphatic heterocycles. The Hall–Kier alpha value is -2.60. The van der Waals surface area contributed by atoms with Crippen LogP contribution >= 0.6 is 0 Å². The number of pyridine rings is 1. The molecule has 1 aromatic heterocycles. The van der Waals surface area contributed by atoms with Crippen molar-refractivity contribution in [3.8, 4) is 5.88 Å². The van der Waals surface area contributed by atoms with Crippen LogP contribution in [0, 0.1) is 0 Å². The van der Waals surface area contributed by atoms with Crippen LogP contribution in [0.25, 0.3) is 0 Å². The van der Waals surface area contributed by atoms with Gasteiger partial charge in [-0.1, -0.05) is 30.3 Å². The molecule has 0 radical (unpaired) electrons. The van der Waals surface area contributed by atoms with E-state index in [4.69, 9.17) is 4.74 Å². The molecular weight excluding hydrogens is 304 g/mol. The molecule has 1 atom stereocenters. The Bertz CT molecular complexity index is 675. The molecule has 2 heterocycles. The fraction of sp³-hybridized carbons (Fsp3) is 0.333. The van der Waals surface area contributed by atoms with E-state index in [-0.39, 0.29) is 12.1 Å². The van der Waals surface area contributed by atoms with Crippen LogP contribution in [0.15, 0.2) is 48.7 Å². The Morgan fingerprint density at radius 3 is 2.67 bits per heavy atom. The number of likely N-dealkylation sites (N-methyl/N-ethyl adjacent to an activating group) is 1. The van der Waals surface area contributed by atoms with Gasteiger partial charge in [0.05, 0.1) is 25.0 Å². The van der Waals surface area contributed by atoms with Gasteiger partial charge in [-0.2, -0.15) is 0 Å². The Labute approximate surface area is 142 Å². The van der Waals surface area contributed by atoms with Gasteiger partial charge in [0.15, 0.2) is 0 Å². The van der Waals surface area contributed by atoms with Crippen molar-refractivity contribution in [1.29, 1.82) is 0 Å². The maximum atomic E-state index is 12.7. The summed E-state index contributed by atoms with van der Waals surface area (Å²) in [6.45, 7) is 2.36. The van der Waals surface area contributed by atoms with E-state index in [9.17, 15) is 4.79 Å². The van der Waals surface area contributed by atoms with E-state index >= 15 is 0 Å². The van der Waals surface area contributed by atoms with E-state index in [2.05, 4.69) is 34.4 Å². The average molecular weight is 326 g/mol. The number of benzene rings is 1. The zero-order valence-corrected chi connectivity index (χ0v) is 14.0. The molecule has 1 N–H and O–H groups in total. The molecule has 1 fully saturated rings.